The van der Waals surface area contributed by atoms with E-state index in [4.69, 9.17) is 7.73 Å². The van der Waals surface area contributed by atoms with Crippen molar-refractivity contribution in [2.24, 2.45) is 0 Å². The Morgan fingerprint density at radius 1 is 0.244 bits per heavy atom. The summed E-state index contributed by atoms with van der Waals surface area (Å²) in [5.41, 5.74) is 23.1. The summed E-state index contributed by atoms with van der Waals surface area (Å²) in [5.74, 6) is 2.27. The van der Waals surface area contributed by atoms with Crippen LogP contribution in [-0.4, -0.2) is 29.8 Å². The molecule has 0 atom stereocenters. The van der Waals surface area contributed by atoms with Gasteiger partial charge in [-0.25, -0.2) is 0 Å². The Kier molecular flexibility index (Phi) is 17.8. The van der Waals surface area contributed by atoms with Gasteiger partial charge in [0.1, 0.15) is 0 Å². The first-order chi connectivity index (χ1) is 37.4. The van der Waals surface area contributed by atoms with E-state index in [0.717, 1.165) is 11.4 Å². The van der Waals surface area contributed by atoms with E-state index in [1.165, 1.54) is 97.8 Å². The summed E-state index contributed by atoms with van der Waals surface area (Å²) in [4.78, 5) is 0. The van der Waals surface area contributed by atoms with E-state index in [1.807, 2.05) is 0 Å². The van der Waals surface area contributed by atoms with Gasteiger partial charge in [0.2, 0.25) is 0 Å². The standard InChI is InChI=1S/C72H84Ge2N2O2/c1-45(2)55-33-23-34-56(46(3)4)67(55)63-41-27-42-64(68-57(47(5)6)35-24-36-58(68)48(7)8)71(63)73-75(53-29-19-17-20-30-53)78-74(76(77-73)54-31-21-18-22-32-54)72-65(69-59(49(9)10)37-25-38-60(69)50(11)12)43-28-44-66(72)70-61(51(13)14)39-26-40-62(70)52(15)16/h17-52H,1-16H3. The Labute approximate surface area is 479 Å². The van der Waals surface area contributed by atoms with Crippen molar-refractivity contribution in [2.75, 3.05) is 8.04 Å². The summed E-state index contributed by atoms with van der Waals surface area (Å²) in [6.07, 6.45) is 0. The molecule has 0 N–H and O–H groups in total. The van der Waals surface area contributed by atoms with E-state index in [0.29, 0.717) is 0 Å². The first kappa shape index (κ1) is 57.1. The van der Waals surface area contributed by atoms with Crippen LogP contribution in [-0.2, 0) is 7.73 Å². The number of anilines is 2. The molecule has 0 saturated carbocycles. The summed E-state index contributed by atoms with van der Waals surface area (Å²) in [6.45, 7) is 37.6. The van der Waals surface area contributed by atoms with Gasteiger partial charge in [0.05, 0.1) is 0 Å². The second-order valence-electron chi connectivity index (χ2n) is 24.0. The van der Waals surface area contributed by atoms with Gasteiger partial charge in [-0.2, -0.15) is 0 Å². The van der Waals surface area contributed by atoms with Crippen molar-refractivity contribution in [3.05, 3.63) is 214 Å². The van der Waals surface area contributed by atoms with Crippen LogP contribution in [0.2, 0.25) is 0 Å². The third kappa shape index (κ3) is 11.1. The average molecular weight is 1150 g/mol. The van der Waals surface area contributed by atoms with Crippen molar-refractivity contribution in [1.29, 1.82) is 0 Å². The van der Waals surface area contributed by atoms with Crippen LogP contribution in [0, 0.1) is 0 Å². The predicted octanol–water partition coefficient (Wildman–Crippen LogP) is 19.3. The number of nitrogens with zero attached hydrogens (tertiary/aromatic N) is 2. The molecule has 1 saturated heterocycles. The van der Waals surface area contributed by atoms with Crippen LogP contribution in [0.3, 0.4) is 0 Å². The van der Waals surface area contributed by atoms with Crippen LogP contribution in [0.25, 0.3) is 44.5 Å². The van der Waals surface area contributed by atoms with Gasteiger partial charge < -0.3 is 0 Å². The second kappa shape index (κ2) is 24.4. The summed E-state index contributed by atoms with van der Waals surface area (Å²) in [5, 5.41) is 0. The molecule has 9 rings (SSSR count). The molecule has 1 aliphatic heterocycles. The molecule has 1 fully saturated rings. The first-order valence-electron chi connectivity index (χ1n) is 29.0. The Bertz CT molecular complexity index is 2860. The normalized spacial score (nSPS) is 13.8. The molecular weight excluding hydrogens is 1070 g/mol. The van der Waals surface area contributed by atoms with Crippen LogP contribution in [0.1, 0.15) is 203 Å². The van der Waals surface area contributed by atoms with Gasteiger partial charge in [0.25, 0.3) is 0 Å². The second-order valence-corrected chi connectivity index (χ2v) is 31.1. The van der Waals surface area contributed by atoms with Crippen LogP contribution in [0.5, 0.6) is 0 Å². The fraction of sp³-hybridized carbons (Fsp3) is 0.333. The fourth-order valence-corrected chi connectivity index (χ4v) is 24.0. The molecule has 0 spiro atoms. The average Bonchev–Trinajstić information content (AvgIpc) is 3.43. The monoisotopic (exact) mass is 1160 g/mol. The van der Waals surface area contributed by atoms with E-state index in [2.05, 4.69) is 289 Å². The van der Waals surface area contributed by atoms with Crippen molar-refractivity contribution in [2.45, 2.75) is 158 Å². The molecule has 4 nitrogen and oxygen atoms in total. The predicted molar refractivity (Wildman–Crippen MR) is 338 cm³/mol. The molecule has 78 heavy (non-hydrogen) atoms. The number of hydrogen-bond donors (Lipinski definition) is 0. The van der Waals surface area contributed by atoms with E-state index >= 15 is 0 Å². The number of rotatable bonds is 16. The maximum absolute atomic E-state index is 8.49. The minimum atomic E-state index is -3.51. The molecule has 8 aromatic carbocycles. The Balaban J connectivity index is 1.46. The summed E-state index contributed by atoms with van der Waals surface area (Å²) in [7, 11) is 0. The molecule has 1 heterocycles. The molecule has 402 valence electrons. The van der Waals surface area contributed by atoms with Crippen molar-refractivity contribution in [1.82, 2.24) is 0 Å². The van der Waals surface area contributed by atoms with E-state index in [9.17, 15) is 0 Å². The van der Waals surface area contributed by atoms with Crippen molar-refractivity contribution < 1.29 is 7.73 Å². The van der Waals surface area contributed by atoms with E-state index in [1.54, 1.807) is 0 Å². The molecule has 6 heteroatoms. The van der Waals surface area contributed by atoms with Gasteiger partial charge in [0.15, 0.2) is 0 Å². The Morgan fingerprint density at radius 2 is 0.436 bits per heavy atom. The van der Waals surface area contributed by atoms with Crippen LogP contribution in [0.4, 0.5) is 11.4 Å². The van der Waals surface area contributed by atoms with E-state index < -0.39 is 29.8 Å². The number of para-hydroxylation sites is 2. The molecule has 0 unspecified atom stereocenters. The van der Waals surface area contributed by atoms with Gasteiger partial charge in [-0.05, 0) is 0 Å². The quantitative estimate of drug-likeness (QED) is 0.0900. The third-order valence-corrected chi connectivity index (χ3v) is 26.0. The van der Waals surface area contributed by atoms with Gasteiger partial charge >= 0.3 is 483 Å². The molecule has 8 aromatic rings. The summed E-state index contributed by atoms with van der Waals surface area (Å²) < 4.78 is 24.2. The zero-order valence-electron chi connectivity index (χ0n) is 49.5. The zero-order chi connectivity index (χ0) is 55.7. The Morgan fingerprint density at radius 3 is 0.628 bits per heavy atom. The molecule has 0 aromatic heterocycles. The van der Waals surface area contributed by atoms with Crippen LogP contribution >= 0.6 is 0 Å². The van der Waals surface area contributed by atoms with Gasteiger partial charge in [0, 0.05) is 0 Å². The molecule has 0 bridgehead atoms. The van der Waals surface area contributed by atoms with Gasteiger partial charge in [-0.1, -0.05) is 0 Å². The first-order valence-corrected chi connectivity index (χ1v) is 34.7. The van der Waals surface area contributed by atoms with Crippen LogP contribution in [0.15, 0.2) is 170 Å². The number of benzene rings is 8. The molecular formula is C72H84Ge2N2O2. The summed E-state index contributed by atoms with van der Waals surface area (Å²) in [6, 6.07) is 64.2. The SMILES string of the molecule is CC(C)c1cccc(C(C)C)c1-c1cccc(-c2c(C(C)C)cccc2C(C)C)[c]1[Ge]1[O][N](c2ccccc2)[Ge]([c]2c(-c3c(C(C)C)cccc3C(C)C)cccc2-c2c(C(C)C)cccc2C(C)C)[O][N]1c1ccccc1. The third-order valence-electron chi connectivity index (χ3n) is 15.8. The topological polar surface area (TPSA) is 24.9 Å². The summed E-state index contributed by atoms with van der Waals surface area (Å²) >= 11 is -7.02. The van der Waals surface area contributed by atoms with Gasteiger partial charge in [-0.15, -0.1) is 0 Å². The Hall–Kier alpha value is -5.63. The molecule has 0 amide bonds. The zero-order valence-corrected chi connectivity index (χ0v) is 53.7. The minimum absolute atomic E-state index is 0.283. The van der Waals surface area contributed by atoms with E-state index in [-0.39, 0.29) is 47.3 Å². The van der Waals surface area contributed by atoms with Gasteiger partial charge in [-0.3, -0.25) is 0 Å². The van der Waals surface area contributed by atoms with Crippen molar-refractivity contribution in [3.8, 4) is 44.5 Å². The molecule has 0 aliphatic carbocycles. The molecule has 2 radical (unpaired) electrons. The molecule has 1 aliphatic rings. The number of hydrogen-bond acceptors (Lipinski definition) is 4. The van der Waals surface area contributed by atoms with Crippen molar-refractivity contribution in [3.63, 3.8) is 0 Å². The maximum atomic E-state index is 8.49. The van der Waals surface area contributed by atoms with Crippen LogP contribution < -0.4 is 16.8 Å². The van der Waals surface area contributed by atoms with Crippen molar-refractivity contribution >= 4 is 50.0 Å². The fourth-order valence-electron chi connectivity index (χ4n) is 11.9.